The molecular formula is C19H34IN5O2S. The lowest BCUT2D eigenvalue weighted by molar-refractivity contribution is 0.258. The summed E-state index contributed by atoms with van der Waals surface area (Å²) in [6, 6.07) is 11.4. The molecule has 0 spiro atoms. The zero-order valence-corrected chi connectivity index (χ0v) is 20.2. The lowest BCUT2D eigenvalue weighted by atomic mass is 10.2. The van der Waals surface area contributed by atoms with Crippen LogP contribution in [0.4, 0.5) is 0 Å². The van der Waals surface area contributed by atoms with Gasteiger partial charge in [0.05, 0.1) is 6.26 Å². The van der Waals surface area contributed by atoms with E-state index in [9.17, 15) is 8.42 Å². The van der Waals surface area contributed by atoms with Crippen LogP contribution in [0, 0.1) is 0 Å². The second-order valence-corrected chi connectivity index (χ2v) is 8.95. The van der Waals surface area contributed by atoms with Gasteiger partial charge in [0.15, 0.2) is 5.96 Å². The number of likely N-dealkylation sites (tertiary alicyclic amines) is 1. The Morgan fingerprint density at radius 1 is 1.29 bits per heavy atom. The Morgan fingerprint density at radius 3 is 2.64 bits per heavy atom. The highest BCUT2D eigenvalue weighted by Gasteiger charge is 2.29. The van der Waals surface area contributed by atoms with E-state index >= 15 is 0 Å². The minimum Gasteiger partial charge on any atom is -0.357 e. The number of hydrogen-bond donors (Lipinski definition) is 3. The minimum absolute atomic E-state index is 0. The van der Waals surface area contributed by atoms with Crippen LogP contribution in [-0.4, -0.2) is 63.8 Å². The summed E-state index contributed by atoms with van der Waals surface area (Å²) in [5, 5.41) is 6.81. The molecule has 1 fully saturated rings. The molecule has 160 valence electrons. The molecule has 0 aromatic heterocycles. The number of guanidine groups is 1. The fourth-order valence-corrected chi connectivity index (χ4v) is 3.80. The minimum atomic E-state index is -3.13. The van der Waals surface area contributed by atoms with Crippen LogP contribution in [0.5, 0.6) is 0 Å². The molecule has 1 heterocycles. The van der Waals surface area contributed by atoms with Crippen molar-refractivity contribution in [3.8, 4) is 0 Å². The Morgan fingerprint density at radius 2 is 2.00 bits per heavy atom. The summed E-state index contributed by atoms with van der Waals surface area (Å²) >= 11 is 0. The SMILES string of the molecule is CCNC(=NCCCNS(C)(=O)=O)NC1CC(C)N(Cc2ccccc2)C1.I. The molecular weight excluding hydrogens is 489 g/mol. The Balaban J connectivity index is 0.00000392. The summed E-state index contributed by atoms with van der Waals surface area (Å²) in [7, 11) is -3.13. The molecule has 1 aliphatic heterocycles. The molecule has 9 heteroatoms. The number of rotatable bonds is 9. The molecule has 1 aliphatic rings. The van der Waals surface area contributed by atoms with Crippen LogP contribution in [-0.2, 0) is 16.6 Å². The lowest BCUT2D eigenvalue weighted by Crippen LogP contribution is -2.44. The summed E-state index contributed by atoms with van der Waals surface area (Å²) in [6.45, 7) is 8.04. The molecule has 1 saturated heterocycles. The van der Waals surface area contributed by atoms with Gasteiger partial charge in [0.1, 0.15) is 0 Å². The van der Waals surface area contributed by atoms with Gasteiger partial charge in [-0.1, -0.05) is 30.3 Å². The number of nitrogens with one attached hydrogen (secondary N) is 3. The van der Waals surface area contributed by atoms with Gasteiger partial charge in [-0.3, -0.25) is 9.89 Å². The molecule has 3 N–H and O–H groups in total. The van der Waals surface area contributed by atoms with Crippen molar-refractivity contribution in [2.75, 3.05) is 32.4 Å². The van der Waals surface area contributed by atoms with Crippen LogP contribution in [0.2, 0.25) is 0 Å². The third-order valence-electron chi connectivity index (χ3n) is 4.59. The number of nitrogens with zero attached hydrogens (tertiary/aromatic N) is 2. The number of aliphatic imine (C=N–C) groups is 1. The highest BCUT2D eigenvalue weighted by atomic mass is 127. The van der Waals surface area contributed by atoms with Crippen LogP contribution in [0.25, 0.3) is 0 Å². The molecule has 0 radical (unpaired) electrons. The van der Waals surface area contributed by atoms with Crippen LogP contribution < -0.4 is 15.4 Å². The molecule has 7 nitrogen and oxygen atoms in total. The molecule has 0 amide bonds. The number of benzene rings is 1. The van der Waals surface area contributed by atoms with Crippen LogP contribution in [0.1, 0.15) is 32.3 Å². The topological polar surface area (TPSA) is 85.8 Å². The molecule has 0 aliphatic carbocycles. The van der Waals surface area contributed by atoms with Gasteiger partial charge in [0.25, 0.3) is 0 Å². The number of sulfonamides is 1. The predicted octanol–water partition coefficient (Wildman–Crippen LogP) is 1.76. The van der Waals surface area contributed by atoms with E-state index in [0.717, 1.165) is 32.0 Å². The van der Waals surface area contributed by atoms with E-state index in [1.165, 1.54) is 11.8 Å². The Labute approximate surface area is 186 Å². The average Bonchev–Trinajstić information content (AvgIpc) is 2.94. The first-order chi connectivity index (χ1) is 12.9. The average molecular weight is 523 g/mol. The van der Waals surface area contributed by atoms with Gasteiger partial charge in [-0.25, -0.2) is 13.1 Å². The Hall–Kier alpha value is -0.910. The van der Waals surface area contributed by atoms with Crippen molar-refractivity contribution in [3.63, 3.8) is 0 Å². The van der Waals surface area contributed by atoms with Crippen molar-refractivity contribution < 1.29 is 8.42 Å². The van der Waals surface area contributed by atoms with Gasteiger partial charge in [-0.2, -0.15) is 0 Å². The van der Waals surface area contributed by atoms with Gasteiger partial charge in [0, 0.05) is 44.8 Å². The van der Waals surface area contributed by atoms with Crippen LogP contribution in [0.3, 0.4) is 0 Å². The fraction of sp³-hybridized carbons (Fsp3) is 0.632. The van der Waals surface area contributed by atoms with Gasteiger partial charge in [-0.15, -0.1) is 24.0 Å². The zero-order chi connectivity index (χ0) is 19.7. The smallest absolute Gasteiger partial charge is 0.208 e. The van der Waals surface area contributed by atoms with E-state index in [1.807, 2.05) is 13.0 Å². The largest absolute Gasteiger partial charge is 0.357 e. The number of halogens is 1. The number of hydrogen-bond acceptors (Lipinski definition) is 4. The maximum absolute atomic E-state index is 11.1. The third kappa shape index (κ3) is 9.53. The maximum atomic E-state index is 11.1. The molecule has 0 saturated carbocycles. The maximum Gasteiger partial charge on any atom is 0.208 e. The van der Waals surface area contributed by atoms with E-state index < -0.39 is 10.0 Å². The first kappa shape index (κ1) is 25.1. The quantitative estimate of drug-likeness (QED) is 0.199. The highest BCUT2D eigenvalue weighted by Crippen LogP contribution is 2.20. The van der Waals surface area contributed by atoms with Crippen LogP contribution >= 0.6 is 24.0 Å². The van der Waals surface area contributed by atoms with E-state index in [-0.39, 0.29) is 24.0 Å². The first-order valence-corrected chi connectivity index (χ1v) is 11.5. The molecule has 2 rings (SSSR count). The standard InChI is InChI=1S/C19H33N5O2S.HI/c1-4-20-19(21-11-8-12-22-27(3,25)26)23-18-13-16(2)24(15-18)14-17-9-6-5-7-10-17;/h5-7,9-10,16,18,22H,4,8,11-15H2,1-3H3,(H2,20,21,23);1H. The second-order valence-electron chi connectivity index (χ2n) is 7.12. The highest BCUT2D eigenvalue weighted by molar-refractivity contribution is 14.0. The van der Waals surface area contributed by atoms with Gasteiger partial charge >= 0.3 is 0 Å². The molecule has 2 unspecified atom stereocenters. The molecule has 1 aromatic rings. The molecule has 28 heavy (non-hydrogen) atoms. The van der Waals surface area contributed by atoms with Crippen LogP contribution in [0.15, 0.2) is 35.3 Å². The van der Waals surface area contributed by atoms with Crippen molar-refractivity contribution in [2.45, 2.75) is 45.3 Å². The van der Waals surface area contributed by atoms with E-state index in [4.69, 9.17) is 0 Å². The second kappa shape index (κ2) is 12.6. The van der Waals surface area contributed by atoms with Crippen molar-refractivity contribution >= 4 is 40.0 Å². The fourth-order valence-electron chi connectivity index (χ4n) is 3.28. The molecule has 2 atom stereocenters. The van der Waals surface area contributed by atoms with Crippen molar-refractivity contribution in [1.29, 1.82) is 0 Å². The molecule has 1 aromatic carbocycles. The van der Waals surface area contributed by atoms with Gasteiger partial charge < -0.3 is 10.6 Å². The van der Waals surface area contributed by atoms with Crippen molar-refractivity contribution in [1.82, 2.24) is 20.3 Å². The summed E-state index contributed by atoms with van der Waals surface area (Å²) < 4.78 is 24.6. The van der Waals surface area contributed by atoms with Crippen molar-refractivity contribution in [3.05, 3.63) is 35.9 Å². The normalized spacial score (nSPS) is 20.6. The summed E-state index contributed by atoms with van der Waals surface area (Å²) in [6.07, 6.45) is 2.92. The summed E-state index contributed by atoms with van der Waals surface area (Å²) in [4.78, 5) is 7.06. The Kier molecular flexibility index (Phi) is 11.3. The van der Waals surface area contributed by atoms with E-state index in [2.05, 4.69) is 56.4 Å². The molecule has 0 bridgehead atoms. The lowest BCUT2D eigenvalue weighted by Gasteiger charge is -2.21. The predicted molar refractivity (Wildman–Crippen MR) is 127 cm³/mol. The van der Waals surface area contributed by atoms with Gasteiger partial charge in [-0.05, 0) is 32.3 Å². The third-order valence-corrected chi connectivity index (χ3v) is 5.31. The summed E-state index contributed by atoms with van der Waals surface area (Å²) in [5.41, 5.74) is 1.34. The first-order valence-electron chi connectivity index (χ1n) is 9.65. The van der Waals surface area contributed by atoms with Gasteiger partial charge in [0.2, 0.25) is 10.0 Å². The summed E-state index contributed by atoms with van der Waals surface area (Å²) in [5.74, 6) is 0.801. The monoisotopic (exact) mass is 523 g/mol. The van der Waals surface area contributed by atoms with E-state index in [1.54, 1.807) is 0 Å². The zero-order valence-electron chi connectivity index (χ0n) is 17.0. The van der Waals surface area contributed by atoms with E-state index in [0.29, 0.717) is 31.6 Å². The van der Waals surface area contributed by atoms with Crippen molar-refractivity contribution in [2.24, 2.45) is 4.99 Å². The Bertz CT molecular complexity index is 700.